The number of nitrogens with zero attached hydrogens (tertiary/aromatic N) is 1. The van der Waals surface area contributed by atoms with Gasteiger partial charge in [0.1, 0.15) is 5.75 Å². The maximum absolute atomic E-state index is 9.76. The van der Waals surface area contributed by atoms with Crippen molar-refractivity contribution in [2.45, 2.75) is 6.54 Å². The second-order valence-corrected chi connectivity index (χ2v) is 4.11. The lowest BCUT2D eigenvalue weighted by atomic mass is 10.2. The number of phenols is 3. The molecule has 0 radical (unpaired) electrons. The normalized spacial score (nSPS) is 11.5. The molecule has 4 N–H and O–H groups in total. The van der Waals surface area contributed by atoms with Gasteiger partial charge in [-0.1, -0.05) is 12.1 Å². The lowest BCUT2D eigenvalue weighted by Gasteiger charge is -2.00. The van der Waals surface area contributed by atoms with E-state index in [4.69, 9.17) is 0 Å². The van der Waals surface area contributed by atoms with Gasteiger partial charge >= 0.3 is 0 Å². The molecule has 0 atom stereocenters. The van der Waals surface area contributed by atoms with E-state index in [0.717, 1.165) is 4.74 Å². The summed E-state index contributed by atoms with van der Waals surface area (Å²) in [6, 6.07) is 10.9. The predicted molar refractivity (Wildman–Crippen MR) is 68.8 cm³/mol. The topological polar surface area (TPSA) is 83.9 Å². The number of phenolic OH excluding ortho intramolecular Hbond substituents is 3. The molecular weight excluding hydrogens is 246 g/mol. The van der Waals surface area contributed by atoms with Gasteiger partial charge in [0.2, 0.25) is 12.8 Å². The van der Waals surface area contributed by atoms with Crippen LogP contribution in [-0.4, -0.2) is 31.5 Å². The SMILES string of the molecule is Oc1ccc(C/[N+](O)=C/c2ccccc2O)cc1O. The van der Waals surface area contributed by atoms with Gasteiger partial charge < -0.3 is 15.3 Å². The minimum Gasteiger partial charge on any atom is -0.507 e. The van der Waals surface area contributed by atoms with E-state index in [1.807, 2.05) is 0 Å². The molecule has 0 unspecified atom stereocenters. The second kappa shape index (κ2) is 5.30. The van der Waals surface area contributed by atoms with E-state index in [-0.39, 0.29) is 23.8 Å². The third-order valence-corrected chi connectivity index (χ3v) is 2.61. The van der Waals surface area contributed by atoms with Gasteiger partial charge in [-0.3, -0.25) is 5.21 Å². The first kappa shape index (κ1) is 12.8. The Morgan fingerprint density at radius 2 is 1.63 bits per heavy atom. The van der Waals surface area contributed by atoms with Gasteiger partial charge in [0.25, 0.3) is 0 Å². The fourth-order valence-electron chi connectivity index (χ4n) is 1.66. The Labute approximate surface area is 109 Å². The summed E-state index contributed by atoms with van der Waals surface area (Å²) < 4.78 is 0.890. The van der Waals surface area contributed by atoms with Crippen molar-refractivity contribution < 1.29 is 25.3 Å². The van der Waals surface area contributed by atoms with Crippen molar-refractivity contribution in [3.63, 3.8) is 0 Å². The molecule has 0 aromatic heterocycles. The lowest BCUT2D eigenvalue weighted by molar-refractivity contribution is -0.783. The van der Waals surface area contributed by atoms with Gasteiger partial charge in [0, 0.05) is 5.56 Å². The summed E-state index contributed by atoms with van der Waals surface area (Å²) in [5.41, 5.74) is 1.09. The minimum atomic E-state index is -0.242. The first-order valence-electron chi connectivity index (χ1n) is 5.65. The van der Waals surface area contributed by atoms with Gasteiger partial charge in [-0.2, -0.15) is 0 Å². The van der Waals surface area contributed by atoms with Crippen LogP contribution < -0.4 is 0 Å². The Morgan fingerprint density at radius 1 is 0.895 bits per heavy atom. The molecule has 0 fully saturated rings. The highest BCUT2D eigenvalue weighted by Gasteiger charge is 2.09. The molecule has 0 saturated carbocycles. The second-order valence-electron chi connectivity index (χ2n) is 4.11. The van der Waals surface area contributed by atoms with Gasteiger partial charge in [0.05, 0.1) is 5.56 Å². The molecule has 98 valence electrons. The average Bonchev–Trinajstić information content (AvgIpc) is 2.37. The van der Waals surface area contributed by atoms with E-state index >= 15 is 0 Å². The number of benzene rings is 2. The van der Waals surface area contributed by atoms with Crippen LogP contribution in [0.2, 0.25) is 0 Å². The molecular formula is C14H14NO4+. The third kappa shape index (κ3) is 3.16. The highest BCUT2D eigenvalue weighted by atomic mass is 16.5. The summed E-state index contributed by atoms with van der Waals surface area (Å²) in [6.45, 7) is 0.113. The number of hydrogen-bond acceptors (Lipinski definition) is 4. The lowest BCUT2D eigenvalue weighted by Crippen LogP contribution is -2.08. The molecule has 0 bridgehead atoms. The zero-order valence-corrected chi connectivity index (χ0v) is 10.1. The summed E-state index contributed by atoms with van der Waals surface area (Å²) in [5, 5.41) is 37.9. The summed E-state index contributed by atoms with van der Waals surface area (Å²) in [4.78, 5) is 0. The highest BCUT2D eigenvalue weighted by Crippen LogP contribution is 2.25. The molecule has 2 aromatic carbocycles. The fraction of sp³-hybridized carbons (Fsp3) is 0.0714. The molecule has 5 heteroatoms. The first-order chi connectivity index (χ1) is 9.06. The van der Waals surface area contributed by atoms with Crippen molar-refractivity contribution in [3.8, 4) is 17.2 Å². The van der Waals surface area contributed by atoms with Crippen LogP contribution in [0.4, 0.5) is 0 Å². The maximum Gasteiger partial charge on any atom is 0.226 e. The Kier molecular flexibility index (Phi) is 3.56. The van der Waals surface area contributed by atoms with E-state index in [0.29, 0.717) is 11.1 Å². The highest BCUT2D eigenvalue weighted by molar-refractivity contribution is 5.79. The van der Waals surface area contributed by atoms with Gasteiger partial charge in [-0.15, -0.1) is 0 Å². The van der Waals surface area contributed by atoms with Gasteiger partial charge in [-0.25, -0.2) is 0 Å². The molecule has 2 aromatic rings. The summed E-state index contributed by atoms with van der Waals surface area (Å²) in [7, 11) is 0. The van der Waals surface area contributed by atoms with Crippen molar-refractivity contribution in [1.82, 2.24) is 0 Å². The van der Waals surface area contributed by atoms with Crippen molar-refractivity contribution in [3.05, 3.63) is 53.6 Å². The number of rotatable bonds is 3. The first-order valence-corrected chi connectivity index (χ1v) is 5.65. The van der Waals surface area contributed by atoms with Crippen LogP contribution in [0.15, 0.2) is 42.5 Å². The zero-order valence-electron chi connectivity index (χ0n) is 10.1. The molecule has 2 rings (SSSR count). The van der Waals surface area contributed by atoms with Crippen LogP contribution in [0.1, 0.15) is 11.1 Å². The largest absolute Gasteiger partial charge is 0.507 e. The quantitative estimate of drug-likeness (QED) is 0.223. The van der Waals surface area contributed by atoms with Crippen LogP contribution in [-0.2, 0) is 6.54 Å². The number of hydrogen-bond donors (Lipinski definition) is 4. The number of aromatic hydroxyl groups is 3. The van der Waals surface area contributed by atoms with E-state index in [2.05, 4.69) is 0 Å². The molecule has 0 spiro atoms. The minimum absolute atomic E-state index is 0.0649. The van der Waals surface area contributed by atoms with Crippen molar-refractivity contribution in [1.29, 1.82) is 0 Å². The number of para-hydroxylation sites is 1. The van der Waals surface area contributed by atoms with Crippen LogP contribution >= 0.6 is 0 Å². The van der Waals surface area contributed by atoms with Gasteiger partial charge in [-0.05, 0) is 35.1 Å². The fourth-order valence-corrected chi connectivity index (χ4v) is 1.66. The molecule has 5 nitrogen and oxygen atoms in total. The molecule has 0 heterocycles. The summed E-state index contributed by atoms with van der Waals surface area (Å²) >= 11 is 0. The molecule has 19 heavy (non-hydrogen) atoms. The average molecular weight is 260 g/mol. The van der Waals surface area contributed by atoms with E-state index in [1.54, 1.807) is 24.3 Å². The van der Waals surface area contributed by atoms with Crippen molar-refractivity contribution >= 4 is 6.21 Å². The monoisotopic (exact) mass is 260 g/mol. The Hall–Kier alpha value is -2.69. The molecule has 0 saturated heterocycles. The standard InChI is InChI=1S/C14H13NO4/c16-12-4-2-1-3-11(12)9-15(19)8-10-5-6-13(17)14(18)7-10/h1-7,9,17-19H,8H2/p+1. The zero-order chi connectivity index (χ0) is 13.8. The smallest absolute Gasteiger partial charge is 0.226 e. The Bertz CT molecular complexity index is 623. The van der Waals surface area contributed by atoms with E-state index < -0.39 is 0 Å². The van der Waals surface area contributed by atoms with Crippen LogP contribution in [0.5, 0.6) is 17.2 Å². The van der Waals surface area contributed by atoms with Crippen LogP contribution in [0.3, 0.4) is 0 Å². The van der Waals surface area contributed by atoms with E-state index in [1.165, 1.54) is 24.4 Å². The maximum atomic E-state index is 9.76. The number of hydroxylamine groups is 1. The van der Waals surface area contributed by atoms with Crippen molar-refractivity contribution in [2.75, 3.05) is 0 Å². The molecule has 0 amide bonds. The Morgan fingerprint density at radius 3 is 2.32 bits per heavy atom. The van der Waals surface area contributed by atoms with E-state index in [9.17, 15) is 20.5 Å². The van der Waals surface area contributed by atoms with Crippen LogP contribution in [0.25, 0.3) is 0 Å². The molecule has 0 aliphatic heterocycles. The Balaban J connectivity index is 2.19. The van der Waals surface area contributed by atoms with Gasteiger partial charge in [0.15, 0.2) is 11.5 Å². The van der Waals surface area contributed by atoms with Crippen molar-refractivity contribution in [2.24, 2.45) is 0 Å². The summed E-state index contributed by atoms with van der Waals surface area (Å²) in [6.07, 6.45) is 1.37. The summed E-state index contributed by atoms with van der Waals surface area (Å²) in [5.74, 6) is -0.388. The predicted octanol–water partition coefficient (Wildman–Crippen LogP) is 1.82. The van der Waals surface area contributed by atoms with Crippen LogP contribution in [0, 0.1) is 0 Å². The molecule has 0 aliphatic carbocycles. The molecule has 0 aliphatic rings. The third-order valence-electron chi connectivity index (χ3n) is 2.61.